The van der Waals surface area contributed by atoms with Gasteiger partial charge in [-0.1, -0.05) is 11.2 Å². The molecule has 2 aromatic heterocycles. The highest BCUT2D eigenvalue weighted by molar-refractivity contribution is 5.92. The Hall–Kier alpha value is -2.63. The van der Waals surface area contributed by atoms with Crippen molar-refractivity contribution in [3.63, 3.8) is 0 Å². The molecule has 6 nitrogen and oxygen atoms in total. The Labute approximate surface area is 115 Å². The van der Waals surface area contributed by atoms with Crippen LogP contribution in [0.5, 0.6) is 0 Å². The summed E-state index contributed by atoms with van der Waals surface area (Å²) >= 11 is 0. The van der Waals surface area contributed by atoms with Gasteiger partial charge in [-0.15, -0.1) is 0 Å². The van der Waals surface area contributed by atoms with Gasteiger partial charge in [0.25, 0.3) is 0 Å². The third-order valence-corrected chi connectivity index (χ3v) is 3.05. The second kappa shape index (κ2) is 4.80. The third kappa shape index (κ3) is 2.40. The maximum Gasteiger partial charge on any atom is 0.230 e. The molecule has 0 radical (unpaired) electrons. The van der Waals surface area contributed by atoms with E-state index in [1.807, 2.05) is 29.8 Å². The SMILES string of the molecule is Cc1cc(NC(=O)Cc2ccc3c(c2)ncn3C)no1. The van der Waals surface area contributed by atoms with Gasteiger partial charge in [-0.3, -0.25) is 4.79 Å². The van der Waals surface area contributed by atoms with Crippen molar-refractivity contribution in [1.82, 2.24) is 14.7 Å². The zero-order valence-electron chi connectivity index (χ0n) is 11.3. The molecular weight excluding hydrogens is 256 g/mol. The molecule has 3 aromatic rings. The summed E-state index contributed by atoms with van der Waals surface area (Å²) < 4.78 is 6.84. The van der Waals surface area contributed by atoms with E-state index in [9.17, 15) is 4.79 Å². The fourth-order valence-corrected chi connectivity index (χ4v) is 2.09. The number of imidazole rings is 1. The van der Waals surface area contributed by atoms with Gasteiger partial charge in [-0.05, 0) is 24.6 Å². The second-order valence-corrected chi connectivity index (χ2v) is 4.73. The number of fused-ring (bicyclic) bond motifs is 1. The van der Waals surface area contributed by atoms with Crippen molar-refractivity contribution in [2.45, 2.75) is 13.3 Å². The minimum absolute atomic E-state index is 0.131. The number of nitrogens with zero attached hydrogens (tertiary/aromatic N) is 3. The van der Waals surface area contributed by atoms with E-state index in [-0.39, 0.29) is 12.3 Å². The minimum atomic E-state index is -0.131. The summed E-state index contributed by atoms with van der Waals surface area (Å²) in [7, 11) is 1.94. The van der Waals surface area contributed by atoms with Crippen molar-refractivity contribution < 1.29 is 9.32 Å². The highest BCUT2D eigenvalue weighted by atomic mass is 16.5. The molecular formula is C14H14N4O2. The Balaban J connectivity index is 1.73. The monoisotopic (exact) mass is 270 g/mol. The average Bonchev–Trinajstić information content (AvgIpc) is 2.96. The highest BCUT2D eigenvalue weighted by Crippen LogP contribution is 2.15. The summed E-state index contributed by atoms with van der Waals surface area (Å²) in [5.41, 5.74) is 2.84. The fourth-order valence-electron chi connectivity index (χ4n) is 2.09. The number of nitrogens with one attached hydrogen (secondary N) is 1. The predicted octanol–water partition coefficient (Wildman–Crippen LogP) is 2.05. The summed E-state index contributed by atoms with van der Waals surface area (Å²) in [6, 6.07) is 7.49. The molecule has 0 aliphatic rings. The average molecular weight is 270 g/mol. The normalized spacial score (nSPS) is 10.9. The Bertz CT molecular complexity index is 772. The Kier molecular flexibility index (Phi) is 2.98. The number of benzene rings is 1. The molecule has 102 valence electrons. The molecule has 6 heteroatoms. The van der Waals surface area contributed by atoms with E-state index < -0.39 is 0 Å². The molecule has 0 aliphatic heterocycles. The second-order valence-electron chi connectivity index (χ2n) is 4.73. The minimum Gasteiger partial charge on any atom is -0.360 e. The van der Waals surface area contributed by atoms with Crippen LogP contribution in [0.1, 0.15) is 11.3 Å². The standard InChI is InChI=1S/C14H14N4O2/c1-9-5-13(17-20-9)16-14(19)7-10-3-4-12-11(6-10)15-8-18(12)2/h3-6,8H,7H2,1-2H3,(H,16,17,19). The number of carbonyl (C=O) groups is 1. The number of anilines is 1. The molecule has 0 aliphatic carbocycles. The summed E-state index contributed by atoms with van der Waals surface area (Å²) in [5, 5.41) is 6.42. The molecule has 1 aromatic carbocycles. The zero-order chi connectivity index (χ0) is 14.1. The van der Waals surface area contributed by atoms with Crippen LogP contribution in [0.25, 0.3) is 11.0 Å². The molecule has 0 saturated heterocycles. The lowest BCUT2D eigenvalue weighted by atomic mass is 10.1. The largest absolute Gasteiger partial charge is 0.360 e. The lowest BCUT2D eigenvalue weighted by molar-refractivity contribution is -0.115. The zero-order valence-corrected chi connectivity index (χ0v) is 11.3. The number of amides is 1. The molecule has 1 N–H and O–H groups in total. The van der Waals surface area contributed by atoms with Gasteiger partial charge in [0.1, 0.15) is 5.76 Å². The lowest BCUT2D eigenvalue weighted by Crippen LogP contribution is -2.14. The highest BCUT2D eigenvalue weighted by Gasteiger charge is 2.08. The molecule has 0 saturated carbocycles. The lowest BCUT2D eigenvalue weighted by Gasteiger charge is -2.02. The van der Waals surface area contributed by atoms with Crippen LogP contribution in [0.4, 0.5) is 5.82 Å². The first-order valence-corrected chi connectivity index (χ1v) is 6.25. The van der Waals surface area contributed by atoms with E-state index in [2.05, 4.69) is 15.5 Å². The van der Waals surface area contributed by atoms with Crippen LogP contribution in [0.3, 0.4) is 0 Å². The van der Waals surface area contributed by atoms with E-state index in [1.165, 1.54) is 0 Å². The molecule has 2 heterocycles. The van der Waals surface area contributed by atoms with E-state index >= 15 is 0 Å². The van der Waals surface area contributed by atoms with Gasteiger partial charge in [0.15, 0.2) is 5.82 Å². The Morgan fingerprint density at radius 2 is 2.25 bits per heavy atom. The quantitative estimate of drug-likeness (QED) is 0.790. The van der Waals surface area contributed by atoms with Crippen molar-refractivity contribution in [3.8, 4) is 0 Å². The van der Waals surface area contributed by atoms with Crippen molar-refractivity contribution in [3.05, 3.63) is 41.9 Å². The Morgan fingerprint density at radius 3 is 3.00 bits per heavy atom. The number of carbonyl (C=O) groups excluding carboxylic acids is 1. The molecule has 20 heavy (non-hydrogen) atoms. The molecule has 0 spiro atoms. The fraction of sp³-hybridized carbons (Fsp3) is 0.214. The number of aryl methyl sites for hydroxylation is 2. The van der Waals surface area contributed by atoms with E-state index in [0.29, 0.717) is 11.6 Å². The molecule has 0 bridgehead atoms. The number of hydrogen-bond acceptors (Lipinski definition) is 4. The summed E-state index contributed by atoms with van der Waals surface area (Å²) in [6.45, 7) is 1.78. The van der Waals surface area contributed by atoms with Crippen molar-refractivity contribution in [2.24, 2.45) is 7.05 Å². The van der Waals surface area contributed by atoms with Crippen LogP contribution in [-0.2, 0) is 18.3 Å². The predicted molar refractivity (Wildman–Crippen MR) is 74.3 cm³/mol. The van der Waals surface area contributed by atoms with E-state index in [4.69, 9.17) is 4.52 Å². The van der Waals surface area contributed by atoms with Gasteiger partial charge in [-0.2, -0.15) is 0 Å². The molecule has 0 fully saturated rings. The Morgan fingerprint density at radius 1 is 1.40 bits per heavy atom. The van der Waals surface area contributed by atoms with Crippen LogP contribution >= 0.6 is 0 Å². The third-order valence-electron chi connectivity index (χ3n) is 3.05. The maximum atomic E-state index is 11.9. The van der Waals surface area contributed by atoms with Gasteiger partial charge >= 0.3 is 0 Å². The van der Waals surface area contributed by atoms with Crippen molar-refractivity contribution in [2.75, 3.05) is 5.32 Å². The first-order valence-electron chi connectivity index (χ1n) is 6.25. The molecule has 0 atom stereocenters. The van der Waals surface area contributed by atoms with Crippen LogP contribution in [0, 0.1) is 6.92 Å². The molecule has 1 amide bonds. The van der Waals surface area contributed by atoms with Gasteiger partial charge < -0.3 is 14.4 Å². The maximum absolute atomic E-state index is 11.9. The number of hydrogen-bond donors (Lipinski definition) is 1. The smallest absolute Gasteiger partial charge is 0.230 e. The van der Waals surface area contributed by atoms with Crippen LogP contribution in [0.2, 0.25) is 0 Å². The van der Waals surface area contributed by atoms with E-state index in [0.717, 1.165) is 16.6 Å². The molecule has 3 rings (SSSR count). The van der Waals surface area contributed by atoms with E-state index in [1.54, 1.807) is 19.3 Å². The first-order chi connectivity index (χ1) is 9.61. The first kappa shape index (κ1) is 12.4. The van der Waals surface area contributed by atoms with Gasteiger partial charge in [-0.25, -0.2) is 4.98 Å². The number of aromatic nitrogens is 3. The van der Waals surface area contributed by atoms with Gasteiger partial charge in [0.2, 0.25) is 5.91 Å². The molecule has 0 unspecified atom stereocenters. The van der Waals surface area contributed by atoms with Crippen molar-refractivity contribution >= 4 is 22.8 Å². The summed E-state index contributed by atoms with van der Waals surface area (Å²) in [5.74, 6) is 0.968. The summed E-state index contributed by atoms with van der Waals surface area (Å²) in [4.78, 5) is 16.2. The van der Waals surface area contributed by atoms with Gasteiger partial charge in [0.05, 0.1) is 23.8 Å². The van der Waals surface area contributed by atoms with Crippen LogP contribution < -0.4 is 5.32 Å². The van der Waals surface area contributed by atoms with Crippen molar-refractivity contribution in [1.29, 1.82) is 0 Å². The topological polar surface area (TPSA) is 73.0 Å². The summed E-state index contributed by atoms with van der Waals surface area (Å²) in [6.07, 6.45) is 2.03. The van der Waals surface area contributed by atoms with Gasteiger partial charge in [0, 0.05) is 13.1 Å². The van der Waals surface area contributed by atoms with Crippen LogP contribution in [-0.4, -0.2) is 20.6 Å². The van der Waals surface area contributed by atoms with Crippen LogP contribution in [0.15, 0.2) is 35.1 Å². The number of rotatable bonds is 3.